The average Bonchev–Trinajstić information content (AvgIpc) is 2.31. The first-order valence-corrected chi connectivity index (χ1v) is 7.38. The van der Waals surface area contributed by atoms with Gasteiger partial charge in [-0.15, -0.1) is 0 Å². The largest absolute Gasteiger partial charge is 0.481 e. The standard InChI is InChI=1S/C14H26N2O3/c1-2-3-4-5-6-7-8-15-14(19)16-10-12(11-16)9-13(17)18/h12H,2-11H2,1H3,(H,15,19)(H,17,18). The molecule has 0 atom stereocenters. The average molecular weight is 270 g/mol. The molecule has 0 spiro atoms. The highest BCUT2D eigenvalue weighted by Gasteiger charge is 2.31. The zero-order valence-corrected chi connectivity index (χ0v) is 11.9. The molecule has 2 amide bonds. The summed E-state index contributed by atoms with van der Waals surface area (Å²) in [7, 11) is 0. The Morgan fingerprint density at radius 2 is 1.79 bits per heavy atom. The van der Waals surface area contributed by atoms with Gasteiger partial charge in [0, 0.05) is 25.6 Å². The summed E-state index contributed by atoms with van der Waals surface area (Å²) < 4.78 is 0. The molecule has 1 rings (SSSR count). The third-order valence-corrected chi connectivity index (χ3v) is 3.51. The molecule has 5 heteroatoms. The number of unbranched alkanes of at least 4 members (excludes halogenated alkanes) is 5. The van der Waals surface area contributed by atoms with Gasteiger partial charge in [0.2, 0.25) is 0 Å². The highest BCUT2D eigenvalue weighted by atomic mass is 16.4. The number of carboxylic acid groups (broad SMARTS) is 1. The fraction of sp³-hybridized carbons (Fsp3) is 0.857. The van der Waals surface area contributed by atoms with Crippen molar-refractivity contribution < 1.29 is 14.7 Å². The Morgan fingerprint density at radius 1 is 1.16 bits per heavy atom. The minimum Gasteiger partial charge on any atom is -0.481 e. The van der Waals surface area contributed by atoms with Gasteiger partial charge in [-0.25, -0.2) is 4.79 Å². The number of hydrogen-bond donors (Lipinski definition) is 2. The number of nitrogens with one attached hydrogen (secondary N) is 1. The Bertz CT molecular complexity index is 288. The Hall–Kier alpha value is -1.26. The number of carboxylic acids is 1. The van der Waals surface area contributed by atoms with E-state index in [0.29, 0.717) is 13.1 Å². The van der Waals surface area contributed by atoms with E-state index in [2.05, 4.69) is 12.2 Å². The van der Waals surface area contributed by atoms with Gasteiger partial charge >= 0.3 is 12.0 Å². The Balaban J connectivity index is 1.94. The zero-order chi connectivity index (χ0) is 14.1. The van der Waals surface area contributed by atoms with Crippen LogP contribution in [0.25, 0.3) is 0 Å². The van der Waals surface area contributed by atoms with Crippen LogP contribution in [0, 0.1) is 5.92 Å². The fourth-order valence-corrected chi connectivity index (χ4v) is 2.32. The summed E-state index contributed by atoms with van der Waals surface area (Å²) >= 11 is 0. The predicted molar refractivity (Wildman–Crippen MR) is 74.1 cm³/mol. The Kier molecular flexibility index (Phi) is 7.30. The lowest BCUT2D eigenvalue weighted by Gasteiger charge is -2.38. The second kappa shape index (κ2) is 8.77. The Morgan fingerprint density at radius 3 is 2.42 bits per heavy atom. The maximum atomic E-state index is 11.7. The van der Waals surface area contributed by atoms with E-state index in [1.807, 2.05) is 0 Å². The van der Waals surface area contributed by atoms with Crippen molar-refractivity contribution in [3.05, 3.63) is 0 Å². The van der Waals surface area contributed by atoms with E-state index >= 15 is 0 Å². The highest BCUT2D eigenvalue weighted by Crippen LogP contribution is 2.18. The van der Waals surface area contributed by atoms with Crippen molar-refractivity contribution >= 4 is 12.0 Å². The van der Waals surface area contributed by atoms with Gasteiger partial charge in [-0.3, -0.25) is 4.79 Å². The van der Waals surface area contributed by atoms with E-state index in [9.17, 15) is 9.59 Å². The van der Waals surface area contributed by atoms with Crippen molar-refractivity contribution in [1.29, 1.82) is 0 Å². The lowest BCUT2D eigenvalue weighted by Crippen LogP contribution is -2.54. The number of amides is 2. The molecule has 1 fully saturated rings. The van der Waals surface area contributed by atoms with Crippen molar-refractivity contribution in [2.24, 2.45) is 5.92 Å². The Labute approximate surface area is 115 Å². The zero-order valence-electron chi connectivity index (χ0n) is 11.9. The van der Waals surface area contributed by atoms with E-state index in [-0.39, 0.29) is 18.4 Å². The molecule has 1 aliphatic rings. The van der Waals surface area contributed by atoms with Gasteiger partial charge < -0.3 is 15.3 Å². The van der Waals surface area contributed by atoms with Crippen LogP contribution >= 0.6 is 0 Å². The molecule has 0 aromatic heterocycles. The first-order valence-electron chi connectivity index (χ1n) is 7.38. The summed E-state index contributed by atoms with van der Waals surface area (Å²) in [4.78, 5) is 23.8. The van der Waals surface area contributed by atoms with Crippen LogP contribution in [0.15, 0.2) is 0 Å². The lowest BCUT2D eigenvalue weighted by molar-refractivity contribution is -0.139. The number of carbonyl (C=O) groups excluding carboxylic acids is 1. The summed E-state index contributed by atoms with van der Waals surface area (Å²) in [6.45, 7) is 4.08. The lowest BCUT2D eigenvalue weighted by atomic mass is 9.97. The van der Waals surface area contributed by atoms with Gasteiger partial charge in [0.1, 0.15) is 0 Å². The molecule has 110 valence electrons. The molecule has 1 heterocycles. The van der Waals surface area contributed by atoms with E-state index in [1.54, 1.807) is 4.90 Å². The van der Waals surface area contributed by atoms with Crippen LogP contribution in [-0.4, -0.2) is 41.6 Å². The van der Waals surface area contributed by atoms with Gasteiger partial charge in [-0.05, 0) is 6.42 Å². The number of rotatable bonds is 9. The third kappa shape index (κ3) is 6.45. The number of aliphatic carboxylic acids is 1. The van der Waals surface area contributed by atoms with Crippen molar-refractivity contribution in [2.45, 2.75) is 51.9 Å². The number of hydrogen-bond acceptors (Lipinski definition) is 2. The van der Waals surface area contributed by atoms with Crippen LogP contribution in [0.5, 0.6) is 0 Å². The van der Waals surface area contributed by atoms with E-state index < -0.39 is 5.97 Å². The second-order valence-corrected chi connectivity index (χ2v) is 5.37. The van der Waals surface area contributed by atoms with Crippen LogP contribution < -0.4 is 5.32 Å². The van der Waals surface area contributed by atoms with E-state index in [4.69, 9.17) is 5.11 Å². The smallest absolute Gasteiger partial charge is 0.317 e. The molecule has 1 aliphatic heterocycles. The monoisotopic (exact) mass is 270 g/mol. The van der Waals surface area contributed by atoms with Crippen LogP contribution in [0.2, 0.25) is 0 Å². The van der Waals surface area contributed by atoms with Crippen LogP contribution in [-0.2, 0) is 4.79 Å². The molecule has 19 heavy (non-hydrogen) atoms. The minimum atomic E-state index is -0.780. The molecule has 1 saturated heterocycles. The van der Waals surface area contributed by atoms with E-state index in [1.165, 1.54) is 32.1 Å². The van der Waals surface area contributed by atoms with Crippen LogP contribution in [0.3, 0.4) is 0 Å². The summed E-state index contributed by atoms with van der Waals surface area (Å²) in [6, 6.07) is -0.0461. The van der Waals surface area contributed by atoms with E-state index in [0.717, 1.165) is 13.0 Å². The molecule has 0 aliphatic carbocycles. The molecule has 2 N–H and O–H groups in total. The van der Waals surface area contributed by atoms with Crippen molar-refractivity contribution in [3.8, 4) is 0 Å². The van der Waals surface area contributed by atoms with Crippen LogP contribution in [0.4, 0.5) is 4.79 Å². The number of urea groups is 1. The minimum absolute atomic E-state index is 0.0461. The molecule has 0 unspecified atom stereocenters. The molecule has 5 nitrogen and oxygen atoms in total. The first-order chi connectivity index (χ1) is 9.13. The van der Waals surface area contributed by atoms with Gasteiger partial charge in [-0.1, -0.05) is 39.0 Å². The summed E-state index contributed by atoms with van der Waals surface area (Å²) in [5, 5.41) is 11.5. The third-order valence-electron chi connectivity index (χ3n) is 3.51. The molecule has 0 aromatic carbocycles. The molecule has 0 saturated carbocycles. The maximum absolute atomic E-state index is 11.7. The summed E-state index contributed by atoms with van der Waals surface area (Å²) in [5.41, 5.74) is 0. The number of carbonyl (C=O) groups is 2. The predicted octanol–water partition coefficient (Wildman–Crippen LogP) is 2.46. The number of nitrogens with zero attached hydrogens (tertiary/aromatic N) is 1. The topological polar surface area (TPSA) is 69.6 Å². The highest BCUT2D eigenvalue weighted by molar-refractivity contribution is 5.75. The van der Waals surface area contributed by atoms with Gasteiger partial charge in [0.05, 0.1) is 6.42 Å². The molecular formula is C14H26N2O3. The quantitative estimate of drug-likeness (QED) is 0.632. The normalized spacial score (nSPS) is 15.1. The summed E-state index contributed by atoms with van der Waals surface area (Å²) in [5.74, 6) is -0.644. The fourth-order valence-electron chi connectivity index (χ4n) is 2.32. The molecule has 0 bridgehead atoms. The van der Waals surface area contributed by atoms with Crippen LogP contribution in [0.1, 0.15) is 51.9 Å². The summed E-state index contributed by atoms with van der Waals surface area (Å²) in [6.07, 6.45) is 7.45. The SMILES string of the molecule is CCCCCCCCNC(=O)N1CC(CC(=O)O)C1. The van der Waals surface area contributed by atoms with Gasteiger partial charge in [0.25, 0.3) is 0 Å². The number of likely N-dealkylation sites (tertiary alicyclic amines) is 1. The van der Waals surface area contributed by atoms with Crippen molar-refractivity contribution in [3.63, 3.8) is 0 Å². The maximum Gasteiger partial charge on any atom is 0.317 e. The second-order valence-electron chi connectivity index (χ2n) is 5.37. The molecule has 0 aromatic rings. The van der Waals surface area contributed by atoms with Crippen molar-refractivity contribution in [2.75, 3.05) is 19.6 Å². The van der Waals surface area contributed by atoms with Gasteiger partial charge in [-0.2, -0.15) is 0 Å². The van der Waals surface area contributed by atoms with Gasteiger partial charge in [0.15, 0.2) is 0 Å². The molecular weight excluding hydrogens is 244 g/mol. The molecule has 0 radical (unpaired) electrons. The van der Waals surface area contributed by atoms with Crippen molar-refractivity contribution in [1.82, 2.24) is 10.2 Å². The first kappa shape index (κ1) is 15.8.